The average Bonchev–Trinajstić information content (AvgIpc) is 1.52. The Balaban J connectivity index is 0.0000108. The number of nitrogens with one attached hydrogen (secondary N) is 2. The number of fused-ring (bicyclic) bond motifs is 6. The number of nitrogens with zero attached hydrogens (tertiary/aromatic N) is 7. The van der Waals surface area contributed by atoms with Crippen LogP contribution in [0, 0.1) is 69.0 Å². The van der Waals surface area contributed by atoms with Gasteiger partial charge in [-0.1, -0.05) is 222 Å². The number of carbonyl (C=O) groups is 9. The number of ether oxygens (including phenoxy) is 7. The first-order valence-corrected chi connectivity index (χ1v) is 48.0. The Hall–Kier alpha value is -7.87. The number of esters is 7. The van der Waals surface area contributed by atoms with Crippen molar-refractivity contribution in [3.8, 4) is 0 Å². The fraction of sp³-hybridized carbons (Fsp3) is 0.781. The van der Waals surface area contributed by atoms with Crippen molar-refractivity contribution in [2.75, 3.05) is 68.6 Å². The molecule has 2 amide bonds. The van der Waals surface area contributed by atoms with Crippen LogP contribution in [0.5, 0.6) is 0 Å². The number of unbranched alkanes of at least 4 members (excludes halogenated alkanes) is 28. The van der Waals surface area contributed by atoms with Gasteiger partial charge in [0.25, 0.3) is 10.1 Å². The molecule has 0 aromatic heterocycles. The summed E-state index contributed by atoms with van der Waals surface area (Å²) in [4.78, 5) is 154. The smallest absolute Gasteiger partial charge is 0.862 e. The Morgan fingerprint density at radius 3 is 1.38 bits per heavy atom. The summed E-state index contributed by atoms with van der Waals surface area (Å²) < 4.78 is 71.2. The van der Waals surface area contributed by atoms with Gasteiger partial charge in [0.15, 0.2) is 0 Å². The molecule has 5 heterocycles. The van der Waals surface area contributed by atoms with Gasteiger partial charge in [-0.15, -0.1) is 0 Å². The van der Waals surface area contributed by atoms with Crippen LogP contribution in [0.4, 0.5) is 0 Å². The van der Waals surface area contributed by atoms with Gasteiger partial charge in [-0.25, -0.2) is 0 Å². The molecule has 29 nitrogen and oxygen atoms in total. The molecule has 0 spiro atoms. The molecule has 0 aromatic rings. The largest absolute Gasteiger partial charge is 3.00 e. The number of hydrogen-bond donors (Lipinski definition) is 3. The standard InChI is InChI=1S/C94H155N7O20S.2CN.Co/c1-18-20-22-24-26-28-30-32-34-36-38-40-42-46-58-101(59-47-43-41-39-37-35-33-31-29-27-25-23-21-19-2)89(111)71(95-72(102)49-45-44-48-60-122(112,113)114)62-73(103)96-84-83-68(51-54-75(105)116-12)92(8,63-79(109)120-16)86(98-83)66(4)82-69(52-55-76(106)117-13)93(9,64-80(110)121-17)94(10,100-82)87-70(61-78(108)119-15)91(7,57-56-77(107)118-14)85(99-87)65(3)81-67(50-53-74(104)115-11)90(5,6)88(84)97-81;2*1-2;/h67-71,87,98H,18-64H2,1-17H3,(H,95,102)(H,96,103)(H,112,113,114);;;/q;2*-1;+3/p-1/b81-65-,84-83+,86-66-;;;/t67-,68-,69-,70+,71+,87-,91-,92+,93+,94+;;;/m1.../s1. The summed E-state index contributed by atoms with van der Waals surface area (Å²) in [6.45, 7) is 29.5. The predicted octanol–water partition coefficient (Wildman–Crippen LogP) is 16.9. The molecule has 3 N–H and O–H groups in total. The fourth-order valence-corrected chi connectivity index (χ4v) is 20.3. The van der Waals surface area contributed by atoms with E-state index >= 15 is 9.90 Å². The number of aliphatic imine (C=N–C) groups is 4. The molecule has 10 atom stereocenters. The van der Waals surface area contributed by atoms with Crippen LogP contribution in [-0.2, 0) is 103 Å². The zero-order chi connectivity index (χ0) is 94.4. The third-order valence-corrected chi connectivity index (χ3v) is 28.2. The van der Waals surface area contributed by atoms with E-state index in [0.717, 1.165) is 64.2 Å². The van der Waals surface area contributed by atoms with Crippen LogP contribution >= 0.6 is 0 Å². The van der Waals surface area contributed by atoms with Crippen LogP contribution in [-0.4, -0.2) is 181 Å². The van der Waals surface area contributed by atoms with Gasteiger partial charge in [-0.2, -0.15) is 8.42 Å². The van der Waals surface area contributed by atoms with E-state index in [9.17, 15) is 51.3 Å². The van der Waals surface area contributed by atoms with E-state index < -0.39 is 145 Å². The van der Waals surface area contributed by atoms with E-state index in [4.69, 9.17) is 76.8 Å². The summed E-state index contributed by atoms with van der Waals surface area (Å²) >= 11 is 0. The summed E-state index contributed by atoms with van der Waals surface area (Å²) in [5, 5.41) is 35.6. The van der Waals surface area contributed by atoms with Gasteiger partial charge < -0.3 is 77.5 Å². The Morgan fingerprint density at radius 1 is 0.528 bits per heavy atom. The zero-order valence-electron chi connectivity index (χ0n) is 79.8. The monoisotopic (exact) mass is 1840 g/mol. The summed E-state index contributed by atoms with van der Waals surface area (Å²) in [5.41, 5.74) is -4.39. The molecule has 5 aliphatic heterocycles. The minimum Gasteiger partial charge on any atom is -0.862 e. The van der Waals surface area contributed by atoms with Gasteiger partial charge in [0.05, 0.1) is 92.1 Å². The second kappa shape index (κ2) is 58.7. The number of amides is 2. The molecule has 127 heavy (non-hydrogen) atoms. The normalized spacial score (nSPS) is 24.0. The van der Waals surface area contributed by atoms with E-state index in [2.05, 4.69) is 24.5 Å². The van der Waals surface area contributed by atoms with E-state index in [-0.39, 0.29) is 130 Å². The predicted molar refractivity (Wildman–Crippen MR) is 483 cm³/mol. The van der Waals surface area contributed by atoms with Gasteiger partial charge in [0.1, 0.15) is 11.7 Å². The van der Waals surface area contributed by atoms with Crippen molar-refractivity contribution in [2.24, 2.45) is 65.3 Å². The minimum atomic E-state index is -4.29. The van der Waals surface area contributed by atoms with Gasteiger partial charge in [0.2, 0.25) is 11.8 Å². The number of rotatable bonds is 59. The van der Waals surface area contributed by atoms with E-state index in [1.54, 1.807) is 11.8 Å². The van der Waals surface area contributed by atoms with Crippen LogP contribution in [0.2, 0.25) is 0 Å². The maximum absolute atomic E-state index is 16.4. The van der Waals surface area contributed by atoms with Crippen LogP contribution < -0.4 is 15.7 Å². The molecule has 0 aromatic carbocycles. The molecule has 5 rings (SSSR count). The number of hydrogen-bond acceptors (Lipinski definition) is 26. The quantitative estimate of drug-likeness (QED) is 0.00968. The fourth-order valence-electron chi connectivity index (χ4n) is 19.7. The first-order chi connectivity index (χ1) is 60.0. The van der Waals surface area contributed by atoms with Crippen molar-refractivity contribution >= 4 is 86.8 Å². The van der Waals surface area contributed by atoms with E-state index in [1.807, 2.05) is 48.5 Å². The molecule has 5 aliphatic rings. The molecule has 0 aliphatic carbocycles. The molecule has 8 bridgehead atoms. The van der Waals surface area contributed by atoms with Crippen LogP contribution in [0.3, 0.4) is 0 Å². The summed E-state index contributed by atoms with van der Waals surface area (Å²) in [7, 11) is 4.56. The van der Waals surface area contributed by atoms with Crippen molar-refractivity contribution in [3.05, 3.63) is 47.1 Å². The van der Waals surface area contributed by atoms with Gasteiger partial charge >= 0.3 is 58.6 Å². The maximum Gasteiger partial charge on any atom is 3.00 e. The molecule has 1 saturated heterocycles. The Morgan fingerprint density at radius 2 is 0.937 bits per heavy atom. The van der Waals surface area contributed by atoms with E-state index in [1.165, 1.54) is 153 Å². The molecule has 0 unspecified atom stereocenters. The van der Waals surface area contributed by atoms with Crippen molar-refractivity contribution < 1.29 is 111 Å². The minimum absolute atomic E-state index is 0. The summed E-state index contributed by atoms with van der Waals surface area (Å²) in [6, 6.07) is -2.58. The molecule has 0 saturated carbocycles. The number of methoxy groups -OCH3 is 7. The molecular weight excluding hydrogens is 1690 g/mol. The molecular formula is C96H154CoN9O20S. The molecule has 718 valence electrons. The van der Waals surface area contributed by atoms with Crippen molar-refractivity contribution in [2.45, 2.75) is 369 Å². The van der Waals surface area contributed by atoms with E-state index in [0.29, 0.717) is 59.9 Å². The second-order valence-corrected chi connectivity index (χ2v) is 37.9. The third-order valence-electron chi connectivity index (χ3n) is 27.4. The van der Waals surface area contributed by atoms with Crippen molar-refractivity contribution in [1.82, 2.24) is 15.5 Å². The molecule has 1 fully saturated rings. The average molecular weight is 1850 g/mol. The van der Waals surface area contributed by atoms with Crippen molar-refractivity contribution in [1.29, 1.82) is 10.5 Å². The van der Waals surface area contributed by atoms with Crippen molar-refractivity contribution in [3.63, 3.8) is 0 Å². The second-order valence-electron chi connectivity index (χ2n) is 36.3. The maximum atomic E-state index is 16.4. The zero-order valence-corrected chi connectivity index (χ0v) is 81.6. The summed E-state index contributed by atoms with van der Waals surface area (Å²) in [6.07, 6.45) is 29.6. The van der Waals surface area contributed by atoms with Gasteiger partial charge in [-0.05, 0) is 89.2 Å². The molecule has 31 heteroatoms. The molecule has 0 radical (unpaired) electrons. The van der Waals surface area contributed by atoms with Crippen LogP contribution in [0.15, 0.2) is 53.9 Å². The number of allylic oxidation sites excluding steroid dienone is 6. The first-order valence-electron chi connectivity index (χ1n) is 46.4. The van der Waals surface area contributed by atoms with Crippen LogP contribution in [0.25, 0.3) is 0 Å². The SMILES string of the molecule is CCCCCCCCCCCCCCCCN(CCCCCCCCCCCCCCCC)C(=O)[C@H](CC([O-])=N/C1=C2/N/C(=C(/C)C3=N[C@@](C)([C@@H]4N=C(/C(C)=C5N=C1C(C)(C)[C@@H]\5CCC(=O)OC)[C@](C)(CCC(=O)OC)[C@H]4CC(=O)OC)[C@@](C)(CC(=O)OC)[C@@H]3CCC(=O)OC)[C@@](C)(CC(=O)OC)[C@@H]2CCC(=O)OC)NC(=O)CCCCCS(=O)(=O)O.[C-]#N.[C-]#N.[Co+3]. The van der Waals surface area contributed by atoms with Crippen LogP contribution in [0.1, 0.15) is 352 Å². The Kier molecular flexibility index (Phi) is 53.3. The third kappa shape index (κ3) is 34.1. The number of carbonyl (C=O) groups excluding carboxylic acids is 9. The summed E-state index contributed by atoms with van der Waals surface area (Å²) in [5.74, 6) is -10.3. The topological polar surface area (TPSA) is 420 Å². The van der Waals surface area contributed by atoms with Gasteiger partial charge in [0, 0.05) is 125 Å². The Bertz CT molecular complexity index is 3910. The first kappa shape index (κ1) is 115. The Labute approximate surface area is 770 Å². The van der Waals surface area contributed by atoms with Gasteiger partial charge in [-0.3, -0.25) is 67.7 Å².